The third kappa shape index (κ3) is 40.8. The van der Waals surface area contributed by atoms with Gasteiger partial charge >= 0.3 is 13.8 Å². The number of carbonyl (C=O) groups excluding carboxylic acids is 1. The molecule has 10 heteroatoms. The fourth-order valence-corrected chi connectivity index (χ4v) is 5.89. The van der Waals surface area contributed by atoms with Gasteiger partial charge in [0.15, 0.2) is 6.10 Å². The Hall–Kier alpha value is -2.26. The lowest BCUT2D eigenvalue weighted by Gasteiger charge is -2.19. The van der Waals surface area contributed by atoms with Crippen LogP contribution in [0.5, 0.6) is 0 Å². The number of nitrogens with two attached hydrogens (primary N) is 1. The summed E-state index contributed by atoms with van der Waals surface area (Å²) in [4.78, 5) is 22.2. The average Bonchev–Trinajstić information content (AvgIpc) is 3.15. The number of carbonyl (C=O) groups is 1. The molecule has 0 saturated heterocycles. The fourth-order valence-electron chi connectivity index (χ4n) is 5.12. The Labute approximate surface area is 323 Å². The van der Waals surface area contributed by atoms with Crippen LogP contribution in [0.2, 0.25) is 0 Å². The molecule has 0 aliphatic rings. The van der Waals surface area contributed by atoms with Gasteiger partial charge in [-0.05, 0) is 96.0 Å². The van der Waals surface area contributed by atoms with E-state index in [0.29, 0.717) is 6.42 Å². The molecule has 0 saturated carbocycles. The summed E-state index contributed by atoms with van der Waals surface area (Å²) >= 11 is 0. The van der Waals surface area contributed by atoms with Crippen molar-refractivity contribution in [3.05, 3.63) is 73.1 Å². The number of ether oxygens (including phenoxy) is 2. The van der Waals surface area contributed by atoms with Crippen molar-refractivity contribution in [2.75, 3.05) is 33.0 Å². The Morgan fingerprint density at radius 3 is 1.64 bits per heavy atom. The number of phosphoric acid groups is 1. The first-order chi connectivity index (χ1) is 25.9. The van der Waals surface area contributed by atoms with Crippen LogP contribution in [0.4, 0.5) is 0 Å². The number of esters is 1. The number of aliphatic hydroxyl groups excluding tert-OH is 1. The first-order valence-electron chi connectivity index (χ1n) is 20.6. The summed E-state index contributed by atoms with van der Waals surface area (Å²) in [5.41, 5.74) is 5.35. The maximum atomic E-state index is 12.4. The van der Waals surface area contributed by atoms with Crippen LogP contribution in [0, 0.1) is 0 Å². The summed E-state index contributed by atoms with van der Waals surface area (Å²) < 4.78 is 33.1. The summed E-state index contributed by atoms with van der Waals surface area (Å²) in [5, 5.41) is 8.78. The van der Waals surface area contributed by atoms with Crippen LogP contribution in [0.1, 0.15) is 155 Å². The second-order valence-electron chi connectivity index (χ2n) is 13.3. The van der Waals surface area contributed by atoms with E-state index in [-0.39, 0.29) is 45.4 Å². The summed E-state index contributed by atoms with van der Waals surface area (Å²) in [5.74, 6) is -0.358. The van der Waals surface area contributed by atoms with Crippen LogP contribution >= 0.6 is 7.82 Å². The Morgan fingerprint density at radius 2 is 1.09 bits per heavy atom. The molecule has 0 radical (unpaired) electrons. The molecule has 306 valence electrons. The largest absolute Gasteiger partial charge is 0.492 e. The first-order valence-corrected chi connectivity index (χ1v) is 22.1. The SMILES string of the molecule is CCCCCCCC/C=C\CCCCCC/C=C/O[C@H](COC(=O)CCC/C=C\C/C=C\C/C=C\C/C=C\CCCCCO)COP(=O)(O)OCCN. The molecule has 0 aromatic heterocycles. The van der Waals surface area contributed by atoms with Gasteiger partial charge in [-0.1, -0.05) is 119 Å². The third-order valence-electron chi connectivity index (χ3n) is 8.24. The van der Waals surface area contributed by atoms with Crippen LogP contribution in [0.3, 0.4) is 0 Å². The number of unbranched alkanes of at least 4 members (excludes halogenated alkanes) is 15. The highest BCUT2D eigenvalue weighted by atomic mass is 31.2. The summed E-state index contributed by atoms with van der Waals surface area (Å²) in [6.07, 6.45) is 48.9. The topological polar surface area (TPSA) is 138 Å². The number of phosphoric ester groups is 1. The summed E-state index contributed by atoms with van der Waals surface area (Å²) in [7, 11) is -4.29. The van der Waals surface area contributed by atoms with Crippen molar-refractivity contribution < 1.29 is 37.9 Å². The van der Waals surface area contributed by atoms with E-state index in [0.717, 1.165) is 77.0 Å². The van der Waals surface area contributed by atoms with Crippen LogP contribution < -0.4 is 5.73 Å². The van der Waals surface area contributed by atoms with Gasteiger partial charge in [-0.15, -0.1) is 0 Å². The highest BCUT2D eigenvalue weighted by Crippen LogP contribution is 2.43. The van der Waals surface area contributed by atoms with Gasteiger partial charge in [0.1, 0.15) is 6.61 Å². The number of allylic oxidation sites excluding steroid dienone is 11. The molecule has 9 nitrogen and oxygen atoms in total. The lowest BCUT2D eigenvalue weighted by Crippen LogP contribution is -2.25. The van der Waals surface area contributed by atoms with E-state index in [1.165, 1.54) is 57.8 Å². The van der Waals surface area contributed by atoms with Gasteiger partial charge in [0.05, 0.1) is 19.5 Å². The van der Waals surface area contributed by atoms with Crippen LogP contribution in [-0.2, 0) is 27.9 Å². The molecule has 1 unspecified atom stereocenters. The van der Waals surface area contributed by atoms with Gasteiger partial charge < -0.3 is 25.2 Å². The molecule has 4 N–H and O–H groups in total. The van der Waals surface area contributed by atoms with Gasteiger partial charge in [0.25, 0.3) is 0 Å². The lowest BCUT2D eigenvalue weighted by atomic mass is 10.1. The predicted octanol–water partition coefficient (Wildman–Crippen LogP) is 11.3. The maximum absolute atomic E-state index is 12.4. The minimum atomic E-state index is -4.29. The summed E-state index contributed by atoms with van der Waals surface area (Å²) in [6, 6.07) is 0. The number of hydrogen-bond donors (Lipinski definition) is 3. The first kappa shape index (κ1) is 50.7. The van der Waals surface area contributed by atoms with Crippen molar-refractivity contribution in [3.8, 4) is 0 Å². The molecule has 0 aromatic rings. The van der Waals surface area contributed by atoms with Crippen molar-refractivity contribution in [1.29, 1.82) is 0 Å². The molecule has 0 aliphatic carbocycles. The van der Waals surface area contributed by atoms with E-state index < -0.39 is 13.9 Å². The van der Waals surface area contributed by atoms with Crippen LogP contribution in [-0.4, -0.2) is 55.0 Å². The molecule has 0 fully saturated rings. The minimum Gasteiger partial charge on any atom is -0.492 e. The normalized spacial score (nSPS) is 14.2. The van der Waals surface area contributed by atoms with Crippen molar-refractivity contribution in [2.24, 2.45) is 5.73 Å². The second-order valence-corrected chi connectivity index (χ2v) is 14.7. The molecule has 0 aromatic carbocycles. The minimum absolute atomic E-state index is 0.0841. The van der Waals surface area contributed by atoms with Gasteiger partial charge in [0.2, 0.25) is 0 Å². The molecule has 0 bridgehead atoms. The predicted molar refractivity (Wildman–Crippen MR) is 220 cm³/mol. The van der Waals surface area contributed by atoms with E-state index in [4.69, 9.17) is 29.4 Å². The van der Waals surface area contributed by atoms with Gasteiger partial charge in [-0.25, -0.2) is 4.57 Å². The smallest absolute Gasteiger partial charge is 0.472 e. The number of hydrogen-bond acceptors (Lipinski definition) is 8. The highest BCUT2D eigenvalue weighted by molar-refractivity contribution is 7.47. The molecule has 0 rings (SSSR count). The van der Waals surface area contributed by atoms with Crippen LogP contribution in [0.25, 0.3) is 0 Å². The zero-order valence-corrected chi connectivity index (χ0v) is 34.1. The van der Waals surface area contributed by atoms with Gasteiger partial charge in [-0.3, -0.25) is 13.8 Å². The van der Waals surface area contributed by atoms with E-state index >= 15 is 0 Å². The fraction of sp³-hybridized carbons (Fsp3) is 0.698. The Bertz CT molecular complexity index is 1040. The number of aliphatic hydroxyl groups is 1. The van der Waals surface area contributed by atoms with Crippen LogP contribution in [0.15, 0.2) is 73.1 Å². The highest BCUT2D eigenvalue weighted by Gasteiger charge is 2.24. The van der Waals surface area contributed by atoms with E-state index in [2.05, 4.69) is 67.7 Å². The lowest BCUT2D eigenvalue weighted by molar-refractivity contribution is -0.147. The average molecular weight is 766 g/mol. The van der Waals surface area contributed by atoms with Crippen molar-refractivity contribution in [3.63, 3.8) is 0 Å². The van der Waals surface area contributed by atoms with Gasteiger partial charge in [0, 0.05) is 19.6 Å². The molecule has 0 heterocycles. The maximum Gasteiger partial charge on any atom is 0.472 e. The van der Waals surface area contributed by atoms with Crippen molar-refractivity contribution in [1.82, 2.24) is 0 Å². The zero-order chi connectivity index (χ0) is 38.8. The monoisotopic (exact) mass is 766 g/mol. The molecular weight excluding hydrogens is 689 g/mol. The Balaban J connectivity index is 4.23. The van der Waals surface area contributed by atoms with Crippen molar-refractivity contribution >= 4 is 13.8 Å². The van der Waals surface area contributed by atoms with E-state index in [1.54, 1.807) is 6.26 Å². The Kier molecular flexibility index (Phi) is 39.2. The number of rotatable bonds is 39. The standard InChI is InChI=1S/C43H76NO8P/c1-2-3-4-5-6-7-8-9-10-16-19-22-25-28-31-34-38-49-42(41-52-53(47,48)51-39-36-44)40-50-43(46)35-32-29-26-23-20-17-14-12-11-13-15-18-21-24-27-30-33-37-45/h9-11,13-14,17-18,21,23,26,34,38,42,45H,2-8,12,15-16,19-20,22,24-25,27-33,35-37,39-41,44H2,1H3,(H,47,48)/b10-9-,13-11-,17-14-,21-18-,26-23-,38-34+/t42-/m1/s1. The third-order valence-corrected chi connectivity index (χ3v) is 9.22. The van der Waals surface area contributed by atoms with E-state index in [1.807, 2.05) is 6.08 Å². The molecule has 0 spiro atoms. The Morgan fingerprint density at radius 1 is 0.623 bits per heavy atom. The van der Waals surface area contributed by atoms with Gasteiger partial charge in [-0.2, -0.15) is 0 Å². The quantitative estimate of drug-likeness (QED) is 0.0183. The molecular formula is C43H76NO8P. The molecule has 0 aliphatic heterocycles. The summed E-state index contributed by atoms with van der Waals surface area (Å²) in [6.45, 7) is 2.12. The molecule has 2 atom stereocenters. The molecule has 53 heavy (non-hydrogen) atoms. The molecule has 0 amide bonds. The van der Waals surface area contributed by atoms with Crippen molar-refractivity contribution in [2.45, 2.75) is 161 Å². The zero-order valence-electron chi connectivity index (χ0n) is 33.2. The second kappa shape index (κ2) is 40.9. The van der Waals surface area contributed by atoms with E-state index in [9.17, 15) is 14.3 Å².